The number of hydrogen-bond acceptors (Lipinski definition) is 4. The van der Waals surface area contributed by atoms with Crippen LogP contribution in [-0.4, -0.2) is 63.7 Å². The van der Waals surface area contributed by atoms with E-state index < -0.39 is 0 Å². The average molecular weight is 361 g/mol. The molecule has 0 bridgehead atoms. The maximum Gasteiger partial charge on any atom is 0.305 e. The Labute approximate surface area is 157 Å². The summed E-state index contributed by atoms with van der Waals surface area (Å²) in [5.74, 6) is 0.806. The summed E-state index contributed by atoms with van der Waals surface area (Å²) in [7, 11) is 3.26. The number of carbonyl (C=O) groups excluding carboxylic acids is 1. The average Bonchev–Trinajstić information content (AvgIpc) is 2.67. The van der Waals surface area contributed by atoms with E-state index in [1.807, 2.05) is 7.05 Å². The van der Waals surface area contributed by atoms with Crippen molar-refractivity contribution in [1.82, 2.24) is 10.2 Å². The van der Waals surface area contributed by atoms with Crippen molar-refractivity contribution < 1.29 is 9.53 Å². The van der Waals surface area contributed by atoms with E-state index in [-0.39, 0.29) is 5.97 Å². The van der Waals surface area contributed by atoms with Gasteiger partial charge in [-0.15, -0.1) is 0 Å². The number of methoxy groups -OCH3 is 1. The number of guanidine groups is 1. The molecule has 1 aromatic rings. The number of aryl methyl sites for hydroxylation is 1. The second-order valence-corrected chi connectivity index (χ2v) is 6.70. The molecule has 1 fully saturated rings. The van der Waals surface area contributed by atoms with E-state index in [0.29, 0.717) is 6.42 Å². The van der Waals surface area contributed by atoms with Crippen molar-refractivity contribution in [1.29, 1.82) is 0 Å². The third-order valence-electron chi connectivity index (χ3n) is 5.03. The Morgan fingerprint density at radius 2 is 1.92 bits per heavy atom. The first-order chi connectivity index (χ1) is 12.6. The molecule has 0 atom stereocenters. The van der Waals surface area contributed by atoms with Crippen LogP contribution in [0.1, 0.15) is 30.4 Å². The summed E-state index contributed by atoms with van der Waals surface area (Å²) >= 11 is 0. The molecule has 6 nitrogen and oxygen atoms in total. The highest BCUT2D eigenvalue weighted by molar-refractivity contribution is 5.80. The van der Waals surface area contributed by atoms with E-state index >= 15 is 0 Å². The van der Waals surface area contributed by atoms with E-state index in [1.165, 1.54) is 23.9 Å². The van der Waals surface area contributed by atoms with Crippen molar-refractivity contribution in [2.24, 2.45) is 4.99 Å². The lowest BCUT2D eigenvalue weighted by atomic mass is 10.1. The Morgan fingerprint density at radius 1 is 1.19 bits per heavy atom. The van der Waals surface area contributed by atoms with Crippen molar-refractivity contribution >= 4 is 17.6 Å². The van der Waals surface area contributed by atoms with Gasteiger partial charge in [-0.2, -0.15) is 0 Å². The lowest BCUT2D eigenvalue weighted by Gasteiger charge is -2.38. The van der Waals surface area contributed by atoms with Crippen LogP contribution in [0.25, 0.3) is 0 Å². The van der Waals surface area contributed by atoms with Gasteiger partial charge in [0.2, 0.25) is 0 Å². The highest BCUT2D eigenvalue weighted by Crippen LogP contribution is 2.23. The standard InChI is InChI=1S/C20H32N4O2/c1-16-8-7-9-18(17(16)2)23-12-14-24(15-13-23)20(21-3)22-11-6-5-10-19(25)26-4/h7-9H,5-6,10-15H2,1-4H3,(H,21,22). The van der Waals surface area contributed by atoms with Gasteiger partial charge < -0.3 is 19.9 Å². The van der Waals surface area contributed by atoms with Crippen molar-refractivity contribution in [2.45, 2.75) is 33.1 Å². The lowest BCUT2D eigenvalue weighted by molar-refractivity contribution is -0.140. The highest BCUT2D eigenvalue weighted by atomic mass is 16.5. The monoisotopic (exact) mass is 360 g/mol. The number of anilines is 1. The van der Waals surface area contributed by atoms with Crippen LogP contribution in [0, 0.1) is 13.8 Å². The summed E-state index contributed by atoms with van der Waals surface area (Å²) in [5.41, 5.74) is 4.05. The van der Waals surface area contributed by atoms with Gasteiger partial charge in [-0.25, -0.2) is 0 Å². The molecule has 0 aliphatic carbocycles. The summed E-state index contributed by atoms with van der Waals surface area (Å²) < 4.78 is 4.66. The SMILES string of the molecule is CN=C(NCCCCC(=O)OC)N1CCN(c2cccc(C)c2C)CC1. The first kappa shape index (κ1) is 20.1. The van der Waals surface area contributed by atoms with Gasteiger partial charge in [0.05, 0.1) is 7.11 Å². The molecule has 0 unspecified atom stereocenters. The predicted molar refractivity (Wildman–Crippen MR) is 107 cm³/mol. The Kier molecular flexibility index (Phi) is 7.75. The molecule has 0 saturated carbocycles. The second-order valence-electron chi connectivity index (χ2n) is 6.70. The van der Waals surface area contributed by atoms with Crippen LogP contribution in [0.3, 0.4) is 0 Å². The predicted octanol–water partition coefficient (Wildman–Crippen LogP) is 2.34. The zero-order valence-corrected chi connectivity index (χ0v) is 16.5. The highest BCUT2D eigenvalue weighted by Gasteiger charge is 2.20. The van der Waals surface area contributed by atoms with E-state index in [0.717, 1.165) is 51.5 Å². The van der Waals surface area contributed by atoms with Crippen LogP contribution >= 0.6 is 0 Å². The van der Waals surface area contributed by atoms with Crippen molar-refractivity contribution in [3.8, 4) is 0 Å². The zero-order valence-electron chi connectivity index (χ0n) is 16.5. The first-order valence-corrected chi connectivity index (χ1v) is 9.40. The molecule has 1 saturated heterocycles. The van der Waals surface area contributed by atoms with Crippen molar-refractivity contribution in [3.05, 3.63) is 29.3 Å². The van der Waals surface area contributed by atoms with Gasteiger partial charge in [-0.1, -0.05) is 12.1 Å². The van der Waals surface area contributed by atoms with Gasteiger partial charge >= 0.3 is 5.97 Å². The van der Waals surface area contributed by atoms with Crippen LogP contribution in [-0.2, 0) is 9.53 Å². The van der Waals surface area contributed by atoms with Crippen molar-refractivity contribution in [2.75, 3.05) is 51.8 Å². The third-order valence-corrected chi connectivity index (χ3v) is 5.03. The Bertz CT molecular complexity index is 622. The topological polar surface area (TPSA) is 57.2 Å². The molecule has 0 aromatic heterocycles. The van der Waals surface area contributed by atoms with E-state index in [1.54, 1.807) is 0 Å². The molecule has 0 radical (unpaired) electrons. The molecule has 6 heteroatoms. The number of benzene rings is 1. The largest absolute Gasteiger partial charge is 0.469 e. The molecule has 1 aliphatic rings. The van der Waals surface area contributed by atoms with Gasteiger partial charge in [0, 0.05) is 51.9 Å². The fourth-order valence-corrected chi connectivity index (χ4v) is 3.27. The van der Waals surface area contributed by atoms with Crippen LogP contribution in [0.15, 0.2) is 23.2 Å². The molecule has 26 heavy (non-hydrogen) atoms. The summed E-state index contributed by atoms with van der Waals surface area (Å²) in [5, 5.41) is 3.41. The number of carbonyl (C=O) groups is 1. The van der Waals surface area contributed by atoms with Crippen LogP contribution in [0.4, 0.5) is 5.69 Å². The fourth-order valence-electron chi connectivity index (χ4n) is 3.27. The lowest BCUT2D eigenvalue weighted by Crippen LogP contribution is -2.52. The first-order valence-electron chi connectivity index (χ1n) is 9.40. The third kappa shape index (κ3) is 5.38. The number of hydrogen-bond donors (Lipinski definition) is 1. The second kappa shape index (κ2) is 10.0. The summed E-state index contributed by atoms with van der Waals surface area (Å²) in [6.45, 7) is 9.08. The quantitative estimate of drug-likeness (QED) is 0.365. The molecule has 144 valence electrons. The smallest absolute Gasteiger partial charge is 0.305 e. The molecule has 2 rings (SSSR count). The molecule has 1 aliphatic heterocycles. The summed E-state index contributed by atoms with van der Waals surface area (Å²) in [6, 6.07) is 6.52. The van der Waals surface area contributed by atoms with Crippen LogP contribution in [0.5, 0.6) is 0 Å². The number of unbranched alkanes of at least 4 members (excludes halogenated alkanes) is 1. The Hall–Kier alpha value is -2.24. The Morgan fingerprint density at radius 3 is 2.58 bits per heavy atom. The van der Waals surface area contributed by atoms with E-state index in [4.69, 9.17) is 0 Å². The van der Waals surface area contributed by atoms with Crippen LogP contribution < -0.4 is 10.2 Å². The maximum absolute atomic E-state index is 11.1. The Balaban J connectivity index is 1.78. The molecular formula is C20H32N4O2. The number of rotatable bonds is 6. The number of aliphatic imine (C=N–C) groups is 1. The normalized spacial score (nSPS) is 15.2. The number of piperazine rings is 1. The molecule has 0 spiro atoms. The number of nitrogens with zero attached hydrogens (tertiary/aromatic N) is 3. The van der Waals surface area contributed by atoms with Gasteiger partial charge in [-0.05, 0) is 43.9 Å². The minimum Gasteiger partial charge on any atom is -0.469 e. The summed E-state index contributed by atoms with van der Waals surface area (Å²) in [6.07, 6.45) is 2.24. The van der Waals surface area contributed by atoms with E-state index in [2.05, 4.69) is 56.9 Å². The molecule has 1 N–H and O–H groups in total. The summed E-state index contributed by atoms with van der Waals surface area (Å²) in [4.78, 5) is 20.3. The fraction of sp³-hybridized carbons (Fsp3) is 0.600. The molecule has 1 aromatic carbocycles. The minimum atomic E-state index is -0.142. The minimum absolute atomic E-state index is 0.142. The number of ether oxygens (including phenoxy) is 1. The molecule has 0 amide bonds. The molecule has 1 heterocycles. The van der Waals surface area contributed by atoms with E-state index in [9.17, 15) is 4.79 Å². The van der Waals surface area contributed by atoms with Crippen LogP contribution in [0.2, 0.25) is 0 Å². The van der Waals surface area contributed by atoms with Gasteiger partial charge in [-0.3, -0.25) is 9.79 Å². The number of nitrogens with one attached hydrogen (secondary N) is 1. The molecular weight excluding hydrogens is 328 g/mol. The van der Waals surface area contributed by atoms with Gasteiger partial charge in [0.15, 0.2) is 5.96 Å². The van der Waals surface area contributed by atoms with Gasteiger partial charge in [0.25, 0.3) is 0 Å². The zero-order chi connectivity index (χ0) is 18.9. The van der Waals surface area contributed by atoms with Gasteiger partial charge in [0.1, 0.15) is 0 Å². The van der Waals surface area contributed by atoms with Crippen molar-refractivity contribution in [3.63, 3.8) is 0 Å². The maximum atomic E-state index is 11.1. The number of esters is 1.